The monoisotopic (exact) mass is 496 g/mol. The molecule has 1 saturated heterocycles. The lowest BCUT2D eigenvalue weighted by Gasteiger charge is -2.20. The van der Waals surface area contributed by atoms with Crippen LogP contribution in [0.15, 0.2) is 53.4 Å². The molecule has 1 unspecified atom stereocenters. The van der Waals surface area contributed by atoms with Crippen molar-refractivity contribution in [3.8, 4) is 0 Å². The van der Waals surface area contributed by atoms with E-state index in [0.29, 0.717) is 30.2 Å². The molecule has 1 aromatic heterocycles. The molecular weight excluding hydrogens is 468 g/mol. The molecule has 0 N–H and O–H groups in total. The molecule has 10 heteroatoms. The molecule has 1 amide bonds. The van der Waals surface area contributed by atoms with Crippen LogP contribution in [-0.2, 0) is 31.0 Å². The van der Waals surface area contributed by atoms with Crippen LogP contribution in [0.4, 0.5) is 5.69 Å². The number of aromatic nitrogens is 2. The SMILES string of the molecule is CCN(CC)S(=O)(=O)c1ccc(N2CC(C(=O)OCc3nc4ccccc4nc3C)CC2=O)cc1. The van der Waals surface area contributed by atoms with E-state index in [4.69, 9.17) is 4.74 Å². The Bertz CT molecular complexity index is 1350. The largest absolute Gasteiger partial charge is 0.459 e. The first-order valence-electron chi connectivity index (χ1n) is 11.5. The number of benzene rings is 2. The highest BCUT2D eigenvalue weighted by molar-refractivity contribution is 7.89. The van der Waals surface area contributed by atoms with Crippen molar-refractivity contribution in [1.82, 2.24) is 14.3 Å². The predicted octanol–water partition coefficient (Wildman–Crippen LogP) is 3.07. The number of amides is 1. The summed E-state index contributed by atoms with van der Waals surface area (Å²) in [5.41, 5.74) is 3.29. The molecule has 184 valence electrons. The van der Waals surface area contributed by atoms with E-state index in [1.165, 1.54) is 21.3 Å². The van der Waals surface area contributed by atoms with Crippen LogP contribution in [0.1, 0.15) is 31.7 Å². The molecule has 1 aliphatic heterocycles. The maximum absolute atomic E-state index is 12.7. The Hall–Kier alpha value is -3.37. The van der Waals surface area contributed by atoms with Gasteiger partial charge in [-0.15, -0.1) is 0 Å². The van der Waals surface area contributed by atoms with Crippen LogP contribution in [0.2, 0.25) is 0 Å². The van der Waals surface area contributed by atoms with E-state index >= 15 is 0 Å². The van der Waals surface area contributed by atoms with Gasteiger partial charge in [0.2, 0.25) is 15.9 Å². The van der Waals surface area contributed by atoms with Gasteiger partial charge in [-0.3, -0.25) is 9.59 Å². The van der Waals surface area contributed by atoms with Gasteiger partial charge < -0.3 is 9.64 Å². The second kappa shape index (κ2) is 10.1. The van der Waals surface area contributed by atoms with Crippen LogP contribution in [-0.4, -0.2) is 54.2 Å². The fourth-order valence-electron chi connectivity index (χ4n) is 4.14. The van der Waals surface area contributed by atoms with Crippen LogP contribution in [0.3, 0.4) is 0 Å². The van der Waals surface area contributed by atoms with Crippen molar-refractivity contribution < 1.29 is 22.7 Å². The smallest absolute Gasteiger partial charge is 0.311 e. The Morgan fingerprint density at radius 2 is 1.69 bits per heavy atom. The number of sulfonamides is 1. The first-order chi connectivity index (χ1) is 16.7. The molecule has 0 bridgehead atoms. The minimum absolute atomic E-state index is 0.0227. The molecule has 3 aromatic rings. The number of nitrogens with zero attached hydrogens (tertiary/aromatic N) is 4. The molecule has 0 saturated carbocycles. The minimum Gasteiger partial charge on any atom is -0.459 e. The number of carbonyl (C=O) groups excluding carboxylic acids is 2. The number of ether oxygens (including phenoxy) is 1. The molecule has 4 rings (SSSR count). The van der Waals surface area contributed by atoms with Crippen molar-refractivity contribution in [1.29, 1.82) is 0 Å². The molecule has 35 heavy (non-hydrogen) atoms. The number of anilines is 1. The Labute approximate surface area is 204 Å². The summed E-state index contributed by atoms with van der Waals surface area (Å²) in [6.45, 7) is 6.27. The van der Waals surface area contributed by atoms with Gasteiger partial charge in [-0.1, -0.05) is 26.0 Å². The number of aryl methyl sites for hydroxylation is 1. The van der Waals surface area contributed by atoms with E-state index in [0.717, 1.165) is 11.0 Å². The maximum atomic E-state index is 12.7. The maximum Gasteiger partial charge on any atom is 0.311 e. The summed E-state index contributed by atoms with van der Waals surface area (Å²) >= 11 is 0. The van der Waals surface area contributed by atoms with E-state index < -0.39 is 21.9 Å². The number of fused-ring (bicyclic) bond motifs is 1. The lowest BCUT2D eigenvalue weighted by molar-refractivity contribution is -0.149. The number of hydrogen-bond donors (Lipinski definition) is 0. The zero-order valence-corrected chi connectivity index (χ0v) is 20.8. The second-order valence-corrected chi connectivity index (χ2v) is 10.3. The predicted molar refractivity (Wildman–Crippen MR) is 131 cm³/mol. The second-order valence-electron chi connectivity index (χ2n) is 8.34. The topological polar surface area (TPSA) is 110 Å². The van der Waals surface area contributed by atoms with Gasteiger partial charge >= 0.3 is 5.97 Å². The molecule has 1 atom stereocenters. The highest BCUT2D eigenvalue weighted by atomic mass is 32.2. The summed E-state index contributed by atoms with van der Waals surface area (Å²) in [6, 6.07) is 13.6. The summed E-state index contributed by atoms with van der Waals surface area (Å²) in [5.74, 6) is -1.31. The van der Waals surface area contributed by atoms with Crippen LogP contribution in [0.25, 0.3) is 11.0 Å². The quantitative estimate of drug-likeness (QED) is 0.441. The van der Waals surface area contributed by atoms with E-state index in [1.54, 1.807) is 26.0 Å². The standard InChI is InChI=1S/C25H28N4O5S/c1-4-28(5-2)35(32,33)20-12-10-19(11-13-20)29-15-18(14-24(29)30)25(31)34-16-23-17(3)26-21-8-6-7-9-22(21)27-23/h6-13,18H,4-5,14-16H2,1-3H3. The number of carbonyl (C=O) groups is 2. The van der Waals surface area contributed by atoms with Crippen molar-refractivity contribution in [2.45, 2.75) is 38.7 Å². The molecule has 0 radical (unpaired) electrons. The summed E-state index contributed by atoms with van der Waals surface area (Å²) in [5, 5.41) is 0. The number of para-hydroxylation sites is 2. The van der Waals surface area contributed by atoms with Gasteiger partial charge in [0.1, 0.15) is 6.61 Å². The van der Waals surface area contributed by atoms with Gasteiger partial charge in [-0.25, -0.2) is 18.4 Å². The van der Waals surface area contributed by atoms with Gasteiger partial charge in [0.25, 0.3) is 0 Å². The highest BCUT2D eigenvalue weighted by Gasteiger charge is 2.36. The molecule has 1 aliphatic rings. The van der Waals surface area contributed by atoms with E-state index in [9.17, 15) is 18.0 Å². The number of rotatable bonds is 8. The summed E-state index contributed by atoms with van der Waals surface area (Å²) in [6.07, 6.45) is 0.0285. The first-order valence-corrected chi connectivity index (χ1v) is 13.0. The summed E-state index contributed by atoms with van der Waals surface area (Å²) < 4.78 is 32.2. The van der Waals surface area contributed by atoms with Crippen LogP contribution < -0.4 is 4.90 Å². The van der Waals surface area contributed by atoms with Gasteiger partial charge in [0.05, 0.1) is 33.2 Å². The van der Waals surface area contributed by atoms with E-state index in [1.807, 2.05) is 31.2 Å². The Morgan fingerprint density at radius 3 is 2.31 bits per heavy atom. The highest BCUT2D eigenvalue weighted by Crippen LogP contribution is 2.28. The Balaban J connectivity index is 1.41. The molecular formula is C25H28N4O5S. The number of hydrogen-bond acceptors (Lipinski definition) is 7. The average molecular weight is 497 g/mol. The summed E-state index contributed by atoms with van der Waals surface area (Å²) in [7, 11) is -3.59. The lowest BCUT2D eigenvalue weighted by atomic mass is 10.1. The first kappa shape index (κ1) is 24.7. The lowest BCUT2D eigenvalue weighted by Crippen LogP contribution is -2.30. The molecule has 0 spiro atoms. The van der Waals surface area contributed by atoms with Gasteiger partial charge in [-0.05, 0) is 43.3 Å². The third-order valence-corrected chi connectivity index (χ3v) is 8.21. The molecule has 0 aliphatic carbocycles. The van der Waals surface area contributed by atoms with Gasteiger partial charge in [0.15, 0.2) is 0 Å². The third-order valence-electron chi connectivity index (χ3n) is 6.14. The van der Waals surface area contributed by atoms with Crippen molar-refractivity contribution in [3.63, 3.8) is 0 Å². The fraction of sp³-hybridized carbons (Fsp3) is 0.360. The third kappa shape index (κ3) is 5.03. The normalized spacial score (nSPS) is 16.3. The van der Waals surface area contributed by atoms with Crippen molar-refractivity contribution in [2.24, 2.45) is 5.92 Å². The molecule has 1 fully saturated rings. The van der Waals surface area contributed by atoms with Crippen molar-refractivity contribution in [3.05, 3.63) is 59.9 Å². The van der Waals surface area contributed by atoms with Crippen LogP contribution >= 0.6 is 0 Å². The summed E-state index contributed by atoms with van der Waals surface area (Å²) in [4.78, 5) is 36.0. The van der Waals surface area contributed by atoms with Crippen LogP contribution in [0.5, 0.6) is 0 Å². The zero-order valence-electron chi connectivity index (χ0n) is 20.0. The Morgan fingerprint density at radius 1 is 1.06 bits per heavy atom. The van der Waals surface area contributed by atoms with E-state index in [-0.39, 0.29) is 30.4 Å². The van der Waals surface area contributed by atoms with E-state index in [2.05, 4.69) is 9.97 Å². The molecule has 2 aromatic carbocycles. The molecule has 2 heterocycles. The van der Waals surface area contributed by atoms with Gasteiger partial charge in [-0.2, -0.15) is 4.31 Å². The Kier molecular flexibility index (Phi) is 7.13. The fourth-order valence-corrected chi connectivity index (χ4v) is 5.60. The van der Waals surface area contributed by atoms with Crippen molar-refractivity contribution in [2.75, 3.05) is 24.5 Å². The van der Waals surface area contributed by atoms with Crippen LogP contribution in [0, 0.1) is 12.8 Å². The van der Waals surface area contributed by atoms with Crippen molar-refractivity contribution >= 4 is 38.6 Å². The minimum atomic E-state index is -3.59. The molecule has 9 nitrogen and oxygen atoms in total. The van der Waals surface area contributed by atoms with Gasteiger partial charge in [0, 0.05) is 31.7 Å². The average Bonchev–Trinajstić information content (AvgIpc) is 3.25. The number of esters is 1. The zero-order chi connectivity index (χ0) is 25.2.